The lowest BCUT2D eigenvalue weighted by atomic mass is 9.99. The minimum Gasteiger partial charge on any atom is -0.377 e. The number of carbonyl (C=O) groups excluding carboxylic acids is 1. The summed E-state index contributed by atoms with van der Waals surface area (Å²) in [6.45, 7) is 3.42. The Bertz CT molecular complexity index is 286. The number of amides is 1. The Labute approximate surface area is 109 Å². The van der Waals surface area contributed by atoms with Crippen molar-refractivity contribution in [3.05, 3.63) is 0 Å². The van der Waals surface area contributed by atoms with Gasteiger partial charge in [-0.05, 0) is 26.2 Å². The molecular formula is C13H24N2O3. The minimum absolute atomic E-state index is 0.0000333. The van der Waals surface area contributed by atoms with E-state index < -0.39 is 0 Å². The predicted molar refractivity (Wildman–Crippen MR) is 68.4 cm³/mol. The number of piperidine rings is 1. The number of ether oxygens (including phenoxy) is 2. The summed E-state index contributed by atoms with van der Waals surface area (Å²) in [5.41, 5.74) is 0. The number of hydrogen-bond donors (Lipinski definition) is 1. The number of nitrogens with zero attached hydrogens (tertiary/aromatic N) is 1. The lowest BCUT2D eigenvalue weighted by Gasteiger charge is -2.30. The maximum Gasteiger partial charge on any atom is 0.239 e. The van der Waals surface area contributed by atoms with E-state index in [-0.39, 0.29) is 24.2 Å². The van der Waals surface area contributed by atoms with Crippen molar-refractivity contribution in [1.82, 2.24) is 10.2 Å². The lowest BCUT2D eigenvalue weighted by molar-refractivity contribution is -0.133. The SMILES string of the molecule is COC1CN(C(=O)C2CCCC(C)N2)CC1OC. The zero-order valence-electron chi connectivity index (χ0n) is 11.5. The largest absolute Gasteiger partial charge is 0.377 e. The van der Waals surface area contributed by atoms with Gasteiger partial charge in [0.25, 0.3) is 0 Å². The van der Waals surface area contributed by atoms with Crippen molar-refractivity contribution in [2.24, 2.45) is 0 Å². The molecule has 5 nitrogen and oxygen atoms in total. The predicted octanol–water partition coefficient (Wildman–Crippen LogP) is 0.389. The number of hydrogen-bond acceptors (Lipinski definition) is 4. The number of carbonyl (C=O) groups is 1. The van der Waals surface area contributed by atoms with E-state index in [2.05, 4.69) is 12.2 Å². The molecule has 2 aliphatic rings. The third-order valence-electron chi connectivity index (χ3n) is 4.05. The zero-order chi connectivity index (χ0) is 13.1. The van der Waals surface area contributed by atoms with Gasteiger partial charge in [0.15, 0.2) is 0 Å². The van der Waals surface area contributed by atoms with Crippen molar-refractivity contribution in [3.63, 3.8) is 0 Å². The lowest BCUT2D eigenvalue weighted by Crippen LogP contribution is -2.51. The summed E-state index contributed by atoms with van der Waals surface area (Å²) in [6, 6.07) is 0.411. The Morgan fingerprint density at radius 1 is 1.17 bits per heavy atom. The standard InChI is InChI=1S/C13H24N2O3/c1-9-5-4-6-10(14-9)13(16)15-7-11(17-2)12(8-15)18-3/h9-12,14H,4-8H2,1-3H3. The first-order chi connectivity index (χ1) is 8.65. The van der Waals surface area contributed by atoms with Crippen LogP contribution in [-0.4, -0.2) is 62.4 Å². The van der Waals surface area contributed by atoms with Crippen LogP contribution in [0.4, 0.5) is 0 Å². The molecule has 0 radical (unpaired) electrons. The van der Waals surface area contributed by atoms with E-state index in [4.69, 9.17) is 9.47 Å². The second-order valence-corrected chi connectivity index (χ2v) is 5.34. The molecule has 4 unspecified atom stereocenters. The topological polar surface area (TPSA) is 50.8 Å². The summed E-state index contributed by atoms with van der Waals surface area (Å²) < 4.78 is 10.7. The first-order valence-electron chi connectivity index (χ1n) is 6.76. The fourth-order valence-corrected chi connectivity index (χ4v) is 2.93. The van der Waals surface area contributed by atoms with Gasteiger partial charge in [0, 0.05) is 33.4 Å². The van der Waals surface area contributed by atoms with Gasteiger partial charge in [0.05, 0.1) is 6.04 Å². The van der Waals surface area contributed by atoms with Crippen molar-refractivity contribution < 1.29 is 14.3 Å². The maximum atomic E-state index is 12.4. The van der Waals surface area contributed by atoms with Gasteiger partial charge in [0.2, 0.25) is 5.91 Å². The molecule has 2 saturated heterocycles. The first kappa shape index (κ1) is 13.8. The quantitative estimate of drug-likeness (QED) is 0.793. The summed E-state index contributed by atoms with van der Waals surface area (Å²) >= 11 is 0. The average Bonchev–Trinajstić information content (AvgIpc) is 2.81. The van der Waals surface area contributed by atoms with Crippen LogP contribution in [0.5, 0.6) is 0 Å². The summed E-state index contributed by atoms with van der Waals surface area (Å²) in [6.07, 6.45) is 3.22. The van der Waals surface area contributed by atoms with Crippen LogP contribution in [0.25, 0.3) is 0 Å². The minimum atomic E-state index is -0.0261. The molecule has 0 aromatic heterocycles. The molecule has 0 spiro atoms. The highest BCUT2D eigenvalue weighted by molar-refractivity contribution is 5.82. The molecule has 0 aliphatic carbocycles. The first-order valence-corrected chi connectivity index (χ1v) is 6.76. The van der Waals surface area contributed by atoms with E-state index in [0.717, 1.165) is 19.3 Å². The van der Waals surface area contributed by atoms with Crippen LogP contribution in [0.3, 0.4) is 0 Å². The molecule has 1 amide bonds. The normalized spacial score (nSPS) is 36.9. The van der Waals surface area contributed by atoms with Crippen LogP contribution in [-0.2, 0) is 14.3 Å². The Balaban J connectivity index is 1.93. The van der Waals surface area contributed by atoms with Gasteiger partial charge in [-0.15, -0.1) is 0 Å². The maximum absolute atomic E-state index is 12.4. The second-order valence-electron chi connectivity index (χ2n) is 5.34. The van der Waals surface area contributed by atoms with Crippen molar-refractivity contribution in [3.8, 4) is 0 Å². The van der Waals surface area contributed by atoms with Crippen molar-refractivity contribution in [1.29, 1.82) is 0 Å². The van der Waals surface area contributed by atoms with Crippen LogP contribution >= 0.6 is 0 Å². The molecule has 1 N–H and O–H groups in total. The van der Waals surface area contributed by atoms with Crippen LogP contribution in [0.1, 0.15) is 26.2 Å². The molecule has 2 rings (SSSR count). The van der Waals surface area contributed by atoms with E-state index in [1.807, 2.05) is 4.90 Å². The molecule has 2 heterocycles. The Hall–Kier alpha value is -0.650. The average molecular weight is 256 g/mol. The summed E-state index contributed by atoms with van der Waals surface area (Å²) in [4.78, 5) is 14.3. The molecule has 18 heavy (non-hydrogen) atoms. The number of rotatable bonds is 3. The molecule has 5 heteroatoms. The second kappa shape index (κ2) is 5.99. The number of methoxy groups -OCH3 is 2. The van der Waals surface area contributed by atoms with Crippen LogP contribution in [0, 0.1) is 0 Å². The van der Waals surface area contributed by atoms with E-state index in [9.17, 15) is 4.79 Å². The summed E-state index contributed by atoms with van der Waals surface area (Å²) in [5.74, 6) is 0.197. The fraction of sp³-hybridized carbons (Fsp3) is 0.923. The Morgan fingerprint density at radius 3 is 2.28 bits per heavy atom. The third-order valence-corrected chi connectivity index (χ3v) is 4.05. The molecule has 2 aliphatic heterocycles. The smallest absolute Gasteiger partial charge is 0.239 e. The fourth-order valence-electron chi connectivity index (χ4n) is 2.93. The van der Waals surface area contributed by atoms with Crippen LogP contribution in [0.2, 0.25) is 0 Å². The van der Waals surface area contributed by atoms with E-state index in [1.54, 1.807) is 14.2 Å². The molecule has 0 saturated carbocycles. The van der Waals surface area contributed by atoms with Gasteiger partial charge in [-0.25, -0.2) is 0 Å². The van der Waals surface area contributed by atoms with E-state index >= 15 is 0 Å². The Kier molecular flexibility index (Phi) is 4.59. The van der Waals surface area contributed by atoms with Gasteiger partial charge in [0.1, 0.15) is 12.2 Å². The van der Waals surface area contributed by atoms with E-state index in [1.165, 1.54) is 0 Å². The highest BCUT2D eigenvalue weighted by Gasteiger charge is 2.38. The van der Waals surface area contributed by atoms with E-state index in [0.29, 0.717) is 19.1 Å². The Morgan fingerprint density at radius 2 is 1.78 bits per heavy atom. The van der Waals surface area contributed by atoms with Crippen molar-refractivity contribution in [2.75, 3.05) is 27.3 Å². The van der Waals surface area contributed by atoms with Gasteiger partial charge >= 0.3 is 0 Å². The van der Waals surface area contributed by atoms with Gasteiger partial charge in [-0.3, -0.25) is 4.79 Å². The molecule has 0 aromatic carbocycles. The highest BCUT2D eigenvalue weighted by Crippen LogP contribution is 2.20. The van der Waals surface area contributed by atoms with Crippen molar-refractivity contribution in [2.45, 2.75) is 50.5 Å². The molecule has 0 bridgehead atoms. The van der Waals surface area contributed by atoms with Crippen LogP contribution in [0.15, 0.2) is 0 Å². The zero-order valence-corrected chi connectivity index (χ0v) is 11.5. The number of likely N-dealkylation sites (tertiary alicyclic amines) is 1. The van der Waals surface area contributed by atoms with Crippen molar-refractivity contribution >= 4 is 5.91 Å². The summed E-state index contributed by atoms with van der Waals surface area (Å²) in [5, 5.41) is 3.39. The number of nitrogens with one attached hydrogen (secondary N) is 1. The molecule has 0 aromatic rings. The molecular weight excluding hydrogens is 232 g/mol. The highest BCUT2D eigenvalue weighted by atomic mass is 16.5. The van der Waals surface area contributed by atoms with Gasteiger partial charge in [-0.1, -0.05) is 0 Å². The molecule has 104 valence electrons. The monoisotopic (exact) mass is 256 g/mol. The molecule has 4 atom stereocenters. The van der Waals surface area contributed by atoms with Crippen LogP contribution < -0.4 is 5.32 Å². The molecule has 2 fully saturated rings. The van der Waals surface area contributed by atoms with Gasteiger partial charge < -0.3 is 19.7 Å². The summed E-state index contributed by atoms with van der Waals surface area (Å²) in [7, 11) is 3.34. The van der Waals surface area contributed by atoms with Gasteiger partial charge in [-0.2, -0.15) is 0 Å². The third kappa shape index (κ3) is 2.84.